The van der Waals surface area contributed by atoms with E-state index in [1.165, 1.54) is 0 Å². The average Bonchev–Trinajstić information content (AvgIpc) is 2.59. The summed E-state index contributed by atoms with van der Waals surface area (Å²) in [4.78, 5) is 0. The third-order valence-electron chi connectivity index (χ3n) is 2.37. The fourth-order valence-electron chi connectivity index (χ4n) is 1.54. The maximum atomic E-state index is 9.76. The highest BCUT2D eigenvalue weighted by atomic mass is 16.3. The van der Waals surface area contributed by atoms with Gasteiger partial charge < -0.3 is 15.2 Å². The van der Waals surface area contributed by atoms with E-state index < -0.39 is 6.10 Å². The monoisotopic (exact) mass is 190 g/mol. The SMILES string of the molecule is C[C@H](N)[C@@H](O)c1cc2ccccn2c1. The molecule has 3 nitrogen and oxygen atoms in total. The Hall–Kier alpha value is -1.32. The van der Waals surface area contributed by atoms with Crippen molar-refractivity contribution in [2.75, 3.05) is 0 Å². The lowest BCUT2D eigenvalue weighted by Gasteiger charge is -2.11. The number of hydrogen-bond donors (Lipinski definition) is 2. The minimum atomic E-state index is -0.588. The zero-order valence-corrected chi connectivity index (χ0v) is 8.09. The normalized spacial score (nSPS) is 15.6. The Balaban J connectivity index is 2.45. The molecule has 2 heterocycles. The molecule has 2 rings (SSSR count). The fraction of sp³-hybridized carbons (Fsp3) is 0.273. The molecule has 0 aliphatic carbocycles. The van der Waals surface area contributed by atoms with Crippen molar-refractivity contribution in [3.8, 4) is 0 Å². The van der Waals surface area contributed by atoms with Crippen LogP contribution in [0.1, 0.15) is 18.6 Å². The lowest BCUT2D eigenvalue weighted by molar-refractivity contribution is 0.153. The van der Waals surface area contributed by atoms with E-state index in [0.29, 0.717) is 0 Å². The van der Waals surface area contributed by atoms with Crippen molar-refractivity contribution in [2.24, 2.45) is 5.73 Å². The van der Waals surface area contributed by atoms with Crippen LogP contribution in [0.2, 0.25) is 0 Å². The molecule has 2 atom stereocenters. The molecule has 0 aliphatic rings. The van der Waals surface area contributed by atoms with E-state index in [1.807, 2.05) is 41.1 Å². The third kappa shape index (κ3) is 1.52. The van der Waals surface area contributed by atoms with Gasteiger partial charge in [0.2, 0.25) is 0 Å². The molecule has 0 amide bonds. The van der Waals surface area contributed by atoms with E-state index in [1.54, 1.807) is 6.92 Å². The largest absolute Gasteiger partial charge is 0.387 e. The Morgan fingerprint density at radius 1 is 1.43 bits per heavy atom. The van der Waals surface area contributed by atoms with Gasteiger partial charge in [0.15, 0.2) is 0 Å². The molecule has 3 N–H and O–H groups in total. The minimum Gasteiger partial charge on any atom is -0.387 e. The molecule has 0 aliphatic heterocycles. The molecule has 0 spiro atoms. The van der Waals surface area contributed by atoms with Gasteiger partial charge in [0.1, 0.15) is 0 Å². The lowest BCUT2D eigenvalue weighted by atomic mass is 10.1. The Morgan fingerprint density at radius 2 is 2.21 bits per heavy atom. The predicted octanol–water partition coefficient (Wildman–Crippen LogP) is 1.32. The molecule has 0 fully saturated rings. The first-order chi connectivity index (χ1) is 6.68. The molecule has 0 bridgehead atoms. The Labute approximate surface area is 82.8 Å². The van der Waals surface area contributed by atoms with E-state index in [0.717, 1.165) is 11.1 Å². The summed E-state index contributed by atoms with van der Waals surface area (Å²) in [5.41, 5.74) is 7.57. The summed E-state index contributed by atoms with van der Waals surface area (Å²) >= 11 is 0. The number of aliphatic hydroxyl groups excluding tert-OH is 1. The van der Waals surface area contributed by atoms with Crippen molar-refractivity contribution in [1.82, 2.24) is 4.40 Å². The zero-order valence-electron chi connectivity index (χ0n) is 8.09. The van der Waals surface area contributed by atoms with Crippen LogP contribution in [-0.4, -0.2) is 15.5 Å². The van der Waals surface area contributed by atoms with E-state index in [-0.39, 0.29) is 6.04 Å². The molecule has 0 saturated heterocycles. The summed E-state index contributed by atoms with van der Waals surface area (Å²) in [5, 5.41) is 9.76. The topological polar surface area (TPSA) is 50.7 Å². The molecule has 0 unspecified atom stereocenters. The molecule has 3 heteroatoms. The Bertz CT molecular complexity index is 401. The number of hydrogen-bond acceptors (Lipinski definition) is 2. The number of fused-ring (bicyclic) bond motifs is 1. The molecular weight excluding hydrogens is 176 g/mol. The molecular formula is C11H14N2O. The molecule has 74 valence electrons. The highest BCUT2D eigenvalue weighted by Gasteiger charge is 2.13. The fourth-order valence-corrected chi connectivity index (χ4v) is 1.54. The molecule has 0 radical (unpaired) electrons. The van der Waals surface area contributed by atoms with Crippen LogP contribution in [0.15, 0.2) is 36.7 Å². The first kappa shape index (κ1) is 9.24. The highest BCUT2D eigenvalue weighted by Crippen LogP contribution is 2.18. The van der Waals surface area contributed by atoms with Gasteiger partial charge in [0.25, 0.3) is 0 Å². The van der Waals surface area contributed by atoms with Gasteiger partial charge in [-0.3, -0.25) is 0 Å². The lowest BCUT2D eigenvalue weighted by Crippen LogP contribution is -2.23. The van der Waals surface area contributed by atoms with Crippen molar-refractivity contribution < 1.29 is 5.11 Å². The zero-order chi connectivity index (χ0) is 10.1. The summed E-state index contributed by atoms with van der Waals surface area (Å²) < 4.78 is 1.97. The van der Waals surface area contributed by atoms with Crippen LogP contribution in [0.4, 0.5) is 0 Å². The molecule has 14 heavy (non-hydrogen) atoms. The van der Waals surface area contributed by atoms with Crippen LogP contribution in [0.3, 0.4) is 0 Å². The second-order valence-corrected chi connectivity index (χ2v) is 3.61. The van der Waals surface area contributed by atoms with Gasteiger partial charge in [0, 0.05) is 29.5 Å². The van der Waals surface area contributed by atoms with Crippen molar-refractivity contribution in [3.05, 3.63) is 42.2 Å². The van der Waals surface area contributed by atoms with Gasteiger partial charge in [-0.15, -0.1) is 0 Å². The van der Waals surface area contributed by atoms with Gasteiger partial charge in [-0.05, 0) is 25.1 Å². The van der Waals surface area contributed by atoms with E-state index in [4.69, 9.17) is 5.73 Å². The Kier molecular flexibility index (Phi) is 2.27. The number of aliphatic hydroxyl groups is 1. The molecule has 0 aromatic carbocycles. The Morgan fingerprint density at radius 3 is 2.86 bits per heavy atom. The van der Waals surface area contributed by atoms with Crippen molar-refractivity contribution in [2.45, 2.75) is 19.1 Å². The number of nitrogens with zero attached hydrogens (tertiary/aromatic N) is 1. The van der Waals surface area contributed by atoms with Crippen LogP contribution >= 0.6 is 0 Å². The summed E-state index contributed by atoms with van der Waals surface area (Å²) in [7, 11) is 0. The standard InChI is InChI=1S/C11H14N2O/c1-8(12)11(14)9-6-10-4-2-3-5-13(10)7-9/h2-8,11,14H,12H2,1H3/t8-,11+/m0/s1. The average molecular weight is 190 g/mol. The maximum absolute atomic E-state index is 9.76. The summed E-state index contributed by atoms with van der Waals surface area (Å²) in [6.45, 7) is 1.80. The first-order valence-corrected chi connectivity index (χ1v) is 4.69. The summed E-state index contributed by atoms with van der Waals surface area (Å²) in [6.07, 6.45) is 3.27. The van der Waals surface area contributed by atoms with Crippen molar-refractivity contribution >= 4 is 5.52 Å². The van der Waals surface area contributed by atoms with Gasteiger partial charge in [-0.1, -0.05) is 6.07 Å². The van der Waals surface area contributed by atoms with E-state index in [9.17, 15) is 5.11 Å². The smallest absolute Gasteiger partial charge is 0.0953 e. The van der Waals surface area contributed by atoms with Crippen LogP contribution in [0.5, 0.6) is 0 Å². The van der Waals surface area contributed by atoms with E-state index >= 15 is 0 Å². The molecule has 2 aromatic heterocycles. The second-order valence-electron chi connectivity index (χ2n) is 3.61. The van der Waals surface area contributed by atoms with E-state index in [2.05, 4.69) is 0 Å². The quantitative estimate of drug-likeness (QED) is 0.750. The molecule has 0 saturated carbocycles. The van der Waals surface area contributed by atoms with Gasteiger partial charge in [-0.2, -0.15) is 0 Å². The van der Waals surface area contributed by atoms with Gasteiger partial charge >= 0.3 is 0 Å². The van der Waals surface area contributed by atoms with Crippen LogP contribution in [0.25, 0.3) is 5.52 Å². The molecule has 2 aromatic rings. The maximum Gasteiger partial charge on any atom is 0.0953 e. The van der Waals surface area contributed by atoms with Crippen LogP contribution in [0, 0.1) is 0 Å². The van der Waals surface area contributed by atoms with Crippen LogP contribution in [-0.2, 0) is 0 Å². The van der Waals surface area contributed by atoms with Crippen molar-refractivity contribution in [1.29, 1.82) is 0 Å². The predicted molar refractivity (Wildman–Crippen MR) is 56.0 cm³/mol. The highest BCUT2D eigenvalue weighted by molar-refractivity contribution is 5.50. The summed E-state index contributed by atoms with van der Waals surface area (Å²) in [5.74, 6) is 0. The minimum absolute atomic E-state index is 0.243. The second kappa shape index (κ2) is 3.44. The first-order valence-electron chi connectivity index (χ1n) is 4.69. The number of pyridine rings is 1. The number of rotatable bonds is 2. The number of aromatic nitrogens is 1. The third-order valence-corrected chi connectivity index (χ3v) is 2.37. The van der Waals surface area contributed by atoms with Crippen LogP contribution < -0.4 is 5.73 Å². The van der Waals surface area contributed by atoms with Gasteiger partial charge in [-0.25, -0.2) is 0 Å². The van der Waals surface area contributed by atoms with Crippen molar-refractivity contribution in [3.63, 3.8) is 0 Å². The van der Waals surface area contributed by atoms with Gasteiger partial charge in [0.05, 0.1) is 6.10 Å². The summed E-state index contributed by atoms with van der Waals surface area (Å²) in [6, 6.07) is 7.63. The number of nitrogens with two attached hydrogens (primary N) is 1.